The number of aliphatic hydroxyl groups is 1. The van der Waals surface area contributed by atoms with E-state index in [1.165, 1.54) is 11.3 Å². The van der Waals surface area contributed by atoms with Gasteiger partial charge in [0.15, 0.2) is 0 Å². The van der Waals surface area contributed by atoms with E-state index in [2.05, 4.69) is 5.32 Å². The van der Waals surface area contributed by atoms with Crippen LogP contribution < -0.4 is 5.32 Å². The standard InChI is InChI=1S/C10H15NO2S/c1-2-3-9(12)6-11-10(13)8-4-5-14-7-8/h4-5,7,9,12H,2-3,6H2,1H3,(H,11,13). The minimum atomic E-state index is -0.428. The predicted molar refractivity (Wildman–Crippen MR) is 57.6 cm³/mol. The molecule has 0 fully saturated rings. The van der Waals surface area contributed by atoms with Gasteiger partial charge in [-0.3, -0.25) is 4.79 Å². The second-order valence-corrected chi connectivity index (χ2v) is 3.94. The van der Waals surface area contributed by atoms with Gasteiger partial charge >= 0.3 is 0 Å². The van der Waals surface area contributed by atoms with Crippen molar-refractivity contribution in [1.82, 2.24) is 5.32 Å². The van der Waals surface area contributed by atoms with Gasteiger partial charge in [0, 0.05) is 17.5 Å². The quantitative estimate of drug-likeness (QED) is 0.781. The predicted octanol–water partition coefficient (Wildman–Crippen LogP) is 1.64. The summed E-state index contributed by atoms with van der Waals surface area (Å²) in [6.07, 6.45) is 1.22. The van der Waals surface area contributed by atoms with Crippen LogP contribution in [-0.4, -0.2) is 23.7 Å². The van der Waals surface area contributed by atoms with Gasteiger partial charge in [0.2, 0.25) is 0 Å². The van der Waals surface area contributed by atoms with Crippen molar-refractivity contribution < 1.29 is 9.90 Å². The number of nitrogens with one attached hydrogen (secondary N) is 1. The van der Waals surface area contributed by atoms with Gasteiger partial charge in [-0.2, -0.15) is 11.3 Å². The zero-order valence-electron chi connectivity index (χ0n) is 8.19. The average Bonchev–Trinajstić information content (AvgIpc) is 2.67. The van der Waals surface area contributed by atoms with Crippen molar-refractivity contribution in [3.63, 3.8) is 0 Å². The first kappa shape index (κ1) is 11.2. The SMILES string of the molecule is CCCC(O)CNC(=O)c1ccsc1. The largest absolute Gasteiger partial charge is 0.391 e. The molecule has 1 aromatic heterocycles. The molecule has 0 aliphatic heterocycles. The van der Waals surface area contributed by atoms with Crippen molar-refractivity contribution in [3.8, 4) is 0 Å². The molecule has 1 rings (SSSR count). The molecule has 14 heavy (non-hydrogen) atoms. The lowest BCUT2D eigenvalue weighted by Gasteiger charge is -2.09. The van der Waals surface area contributed by atoms with Gasteiger partial charge in [0.05, 0.1) is 6.10 Å². The maximum atomic E-state index is 11.4. The highest BCUT2D eigenvalue weighted by Crippen LogP contribution is 2.05. The molecule has 4 heteroatoms. The minimum absolute atomic E-state index is 0.110. The van der Waals surface area contributed by atoms with Gasteiger partial charge < -0.3 is 10.4 Å². The van der Waals surface area contributed by atoms with E-state index in [1.54, 1.807) is 11.4 Å². The smallest absolute Gasteiger partial charge is 0.252 e. The Morgan fingerprint density at radius 3 is 3.07 bits per heavy atom. The topological polar surface area (TPSA) is 49.3 Å². The summed E-state index contributed by atoms with van der Waals surface area (Å²) < 4.78 is 0. The summed E-state index contributed by atoms with van der Waals surface area (Å²) in [6, 6.07) is 1.77. The molecule has 0 aromatic carbocycles. The fraction of sp³-hybridized carbons (Fsp3) is 0.500. The number of rotatable bonds is 5. The number of carbonyl (C=O) groups excluding carboxylic acids is 1. The first-order chi connectivity index (χ1) is 6.74. The molecule has 1 atom stereocenters. The van der Waals surface area contributed by atoms with Crippen LogP contribution in [0.5, 0.6) is 0 Å². The fourth-order valence-electron chi connectivity index (χ4n) is 1.14. The Morgan fingerprint density at radius 1 is 1.71 bits per heavy atom. The Hall–Kier alpha value is -0.870. The van der Waals surface area contributed by atoms with Crippen LogP contribution in [0, 0.1) is 0 Å². The van der Waals surface area contributed by atoms with E-state index in [4.69, 9.17) is 0 Å². The first-order valence-corrected chi connectivity index (χ1v) is 5.66. The highest BCUT2D eigenvalue weighted by Gasteiger charge is 2.07. The molecule has 0 aliphatic rings. The molecule has 1 amide bonds. The molecule has 0 aliphatic carbocycles. The third kappa shape index (κ3) is 3.47. The van der Waals surface area contributed by atoms with Gasteiger partial charge in [-0.1, -0.05) is 13.3 Å². The van der Waals surface area contributed by atoms with Crippen molar-refractivity contribution >= 4 is 17.2 Å². The molecule has 1 heterocycles. The van der Waals surface area contributed by atoms with E-state index in [1.807, 2.05) is 12.3 Å². The lowest BCUT2D eigenvalue weighted by Crippen LogP contribution is -2.31. The van der Waals surface area contributed by atoms with Crippen molar-refractivity contribution in [3.05, 3.63) is 22.4 Å². The highest BCUT2D eigenvalue weighted by molar-refractivity contribution is 7.08. The molecule has 0 saturated heterocycles. The van der Waals surface area contributed by atoms with Crippen molar-refractivity contribution in [2.24, 2.45) is 0 Å². The second kappa shape index (κ2) is 5.78. The van der Waals surface area contributed by atoms with Crippen LogP contribution in [0.25, 0.3) is 0 Å². The lowest BCUT2D eigenvalue weighted by molar-refractivity contribution is 0.0910. The Kier molecular flexibility index (Phi) is 4.62. The zero-order valence-corrected chi connectivity index (χ0v) is 9.01. The number of amides is 1. The maximum absolute atomic E-state index is 11.4. The molecule has 0 radical (unpaired) electrons. The molecule has 1 aromatic rings. The lowest BCUT2D eigenvalue weighted by atomic mass is 10.2. The fourth-order valence-corrected chi connectivity index (χ4v) is 1.78. The summed E-state index contributed by atoms with van der Waals surface area (Å²) in [5, 5.41) is 15.7. The van der Waals surface area contributed by atoms with Crippen LogP contribution in [0.3, 0.4) is 0 Å². The van der Waals surface area contributed by atoms with Gasteiger partial charge in [-0.25, -0.2) is 0 Å². The van der Waals surface area contributed by atoms with Crippen LogP contribution in [0.15, 0.2) is 16.8 Å². The van der Waals surface area contributed by atoms with Gasteiger partial charge in [-0.05, 0) is 17.9 Å². The van der Waals surface area contributed by atoms with Crippen molar-refractivity contribution in [2.45, 2.75) is 25.9 Å². The second-order valence-electron chi connectivity index (χ2n) is 3.16. The van der Waals surface area contributed by atoms with Gasteiger partial charge in [0.25, 0.3) is 5.91 Å². The van der Waals surface area contributed by atoms with Crippen molar-refractivity contribution in [1.29, 1.82) is 0 Å². The summed E-state index contributed by atoms with van der Waals surface area (Å²) >= 11 is 1.49. The van der Waals surface area contributed by atoms with Crippen LogP contribution in [0.4, 0.5) is 0 Å². The third-order valence-corrected chi connectivity index (χ3v) is 2.59. The summed E-state index contributed by atoms with van der Waals surface area (Å²) in [6.45, 7) is 2.34. The number of hydrogen-bond donors (Lipinski definition) is 2. The van der Waals surface area contributed by atoms with E-state index < -0.39 is 6.10 Å². The van der Waals surface area contributed by atoms with E-state index in [0.29, 0.717) is 12.1 Å². The monoisotopic (exact) mass is 213 g/mol. The molecular weight excluding hydrogens is 198 g/mol. The molecule has 3 nitrogen and oxygen atoms in total. The highest BCUT2D eigenvalue weighted by atomic mass is 32.1. The molecule has 78 valence electrons. The third-order valence-electron chi connectivity index (χ3n) is 1.90. The van der Waals surface area contributed by atoms with Gasteiger partial charge in [0.1, 0.15) is 0 Å². The maximum Gasteiger partial charge on any atom is 0.252 e. The van der Waals surface area contributed by atoms with Crippen LogP contribution >= 0.6 is 11.3 Å². The Morgan fingerprint density at radius 2 is 2.50 bits per heavy atom. The van der Waals surface area contributed by atoms with E-state index >= 15 is 0 Å². The van der Waals surface area contributed by atoms with E-state index in [-0.39, 0.29) is 5.91 Å². The number of thiophene rings is 1. The van der Waals surface area contributed by atoms with Crippen LogP contribution in [0.1, 0.15) is 30.1 Å². The Labute approximate surface area is 87.8 Å². The van der Waals surface area contributed by atoms with Gasteiger partial charge in [-0.15, -0.1) is 0 Å². The Bertz CT molecular complexity index is 272. The van der Waals surface area contributed by atoms with E-state index in [0.717, 1.165) is 12.8 Å². The van der Waals surface area contributed by atoms with Crippen LogP contribution in [0.2, 0.25) is 0 Å². The van der Waals surface area contributed by atoms with Crippen LogP contribution in [-0.2, 0) is 0 Å². The Balaban J connectivity index is 2.28. The normalized spacial score (nSPS) is 12.4. The molecule has 2 N–H and O–H groups in total. The summed E-state index contributed by atoms with van der Waals surface area (Å²) in [5.41, 5.74) is 0.665. The van der Waals surface area contributed by atoms with E-state index in [9.17, 15) is 9.90 Å². The summed E-state index contributed by atoms with van der Waals surface area (Å²) in [7, 11) is 0. The molecular formula is C10H15NO2S. The average molecular weight is 213 g/mol. The van der Waals surface area contributed by atoms with Crippen molar-refractivity contribution in [2.75, 3.05) is 6.54 Å². The number of hydrogen-bond acceptors (Lipinski definition) is 3. The first-order valence-electron chi connectivity index (χ1n) is 4.72. The summed E-state index contributed by atoms with van der Waals surface area (Å²) in [4.78, 5) is 11.4. The zero-order chi connectivity index (χ0) is 10.4. The number of carbonyl (C=O) groups is 1. The molecule has 0 spiro atoms. The summed E-state index contributed by atoms with van der Waals surface area (Å²) in [5.74, 6) is -0.110. The minimum Gasteiger partial charge on any atom is -0.391 e. The number of aliphatic hydroxyl groups excluding tert-OH is 1. The molecule has 0 saturated carbocycles. The molecule has 0 bridgehead atoms. The molecule has 1 unspecified atom stereocenters.